The third-order valence-electron chi connectivity index (χ3n) is 4.17. The van der Waals surface area contributed by atoms with Crippen molar-refractivity contribution in [3.05, 3.63) is 74.8 Å². The number of rotatable bonds is 6. The minimum atomic E-state index is -0.465. The standard InChI is InChI=1S/C19H23N3O3/c1-12(2)14-4-6-15(7-5-14)17(20)11-21-19(23)16-8-9-18(22(24)25)13(3)10-16/h4-10,12,17H,11,20H2,1-3H3,(H,21,23). The van der Waals surface area contributed by atoms with Crippen molar-refractivity contribution in [2.75, 3.05) is 6.54 Å². The summed E-state index contributed by atoms with van der Waals surface area (Å²) < 4.78 is 0. The van der Waals surface area contributed by atoms with E-state index in [0.717, 1.165) is 5.56 Å². The summed E-state index contributed by atoms with van der Waals surface area (Å²) in [5, 5.41) is 13.6. The van der Waals surface area contributed by atoms with E-state index in [0.29, 0.717) is 17.0 Å². The maximum atomic E-state index is 12.2. The molecule has 1 atom stereocenters. The molecule has 0 aliphatic carbocycles. The van der Waals surface area contributed by atoms with E-state index in [1.165, 1.54) is 23.8 Å². The lowest BCUT2D eigenvalue weighted by molar-refractivity contribution is -0.385. The summed E-state index contributed by atoms with van der Waals surface area (Å²) in [5.74, 6) is 0.155. The minimum Gasteiger partial charge on any atom is -0.350 e. The maximum absolute atomic E-state index is 12.2. The first kappa shape index (κ1) is 18.6. The van der Waals surface area contributed by atoms with E-state index in [1.54, 1.807) is 6.92 Å². The van der Waals surface area contributed by atoms with Crippen molar-refractivity contribution in [1.82, 2.24) is 5.32 Å². The van der Waals surface area contributed by atoms with Crippen LogP contribution in [0.15, 0.2) is 42.5 Å². The predicted octanol–water partition coefficient (Wildman–Crippen LogP) is 3.46. The van der Waals surface area contributed by atoms with E-state index >= 15 is 0 Å². The van der Waals surface area contributed by atoms with Crippen molar-refractivity contribution < 1.29 is 9.72 Å². The molecule has 1 amide bonds. The quantitative estimate of drug-likeness (QED) is 0.621. The van der Waals surface area contributed by atoms with Gasteiger partial charge in [0.15, 0.2) is 0 Å². The molecule has 6 nitrogen and oxygen atoms in total. The van der Waals surface area contributed by atoms with Crippen LogP contribution in [-0.4, -0.2) is 17.4 Å². The molecule has 0 spiro atoms. The number of aryl methyl sites for hydroxylation is 1. The molecule has 0 fully saturated rings. The molecule has 0 aromatic heterocycles. The summed E-state index contributed by atoms with van der Waals surface area (Å²) in [5.41, 5.74) is 9.15. The minimum absolute atomic E-state index is 0.00139. The summed E-state index contributed by atoms with van der Waals surface area (Å²) >= 11 is 0. The molecular formula is C19H23N3O3. The number of carbonyl (C=O) groups excluding carboxylic acids is 1. The van der Waals surface area contributed by atoms with Gasteiger partial charge in [-0.1, -0.05) is 38.1 Å². The summed E-state index contributed by atoms with van der Waals surface area (Å²) in [6.45, 7) is 6.15. The monoisotopic (exact) mass is 341 g/mol. The van der Waals surface area contributed by atoms with Gasteiger partial charge in [0.25, 0.3) is 11.6 Å². The SMILES string of the molecule is Cc1cc(C(=O)NCC(N)c2ccc(C(C)C)cc2)ccc1[N+](=O)[O-]. The van der Waals surface area contributed by atoms with Crippen LogP contribution < -0.4 is 11.1 Å². The van der Waals surface area contributed by atoms with Gasteiger partial charge in [0.05, 0.1) is 4.92 Å². The first-order chi connectivity index (χ1) is 11.8. The second kappa shape index (κ2) is 7.90. The number of hydrogen-bond acceptors (Lipinski definition) is 4. The Kier molecular flexibility index (Phi) is 5.88. The Morgan fingerprint density at radius 1 is 1.16 bits per heavy atom. The van der Waals surface area contributed by atoms with Crippen molar-refractivity contribution in [2.24, 2.45) is 5.73 Å². The smallest absolute Gasteiger partial charge is 0.272 e. The van der Waals surface area contributed by atoms with E-state index in [1.807, 2.05) is 24.3 Å². The van der Waals surface area contributed by atoms with Crippen LogP contribution in [0.2, 0.25) is 0 Å². The largest absolute Gasteiger partial charge is 0.350 e. The van der Waals surface area contributed by atoms with Crippen LogP contribution >= 0.6 is 0 Å². The van der Waals surface area contributed by atoms with Gasteiger partial charge in [-0.2, -0.15) is 0 Å². The molecule has 0 aliphatic heterocycles. The molecule has 2 aromatic carbocycles. The first-order valence-corrected chi connectivity index (χ1v) is 8.18. The Morgan fingerprint density at radius 2 is 1.76 bits per heavy atom. The summed E-state index contributed by atoms with van der Waals surface area (Å²) in [7, 11) is 0. The van der Waals surface area contributed by atoms with Crippen molar-refractivity contribution in [3.8, 4) is 0 Å². The fraction of sp³-hybridized carbons (Fsp3) is 0.316. The lowest BCUT2D eigenvalue weighted by atomic mass is 9.99. The fourth-order valence-corrected chi connectivity index (χ4v) is 2.55. The van der Waals surface area contributed by atoms with Gasteiger partial charge in [-0.05, 0) is 36.1 Å². The maximum Gasteiger partial charge on any atom is 0.272 e. The molecule has 0 saturated heterocycles. The molecule has 25 heavy (non-hydrogen) atoms. The average molecular weight is 341 g/mol. The molecule has 0 saturated carbocycles. The number of nitro benzene ring substituents is 1. The average Bonchev–Trinajstić information content (AvgIpc) is 2.58. The van der Waals surface area contributed by atoms with E-state index in [-0.39, 0.29) is 24.2 Å². The molecule has 0 heterocycles. The number of nitro groups is 1. The number of nitrogens with zero attached hydrogens (tertiary/aromatic N) is 1. The van der Waals surface area contributed by atoms with Crippen LogP contribution in [-0.2, 0) is 0 Å². The summed E-state index contributed by atoms with van der Waals surface area (Å²) in [6.07, 6.45) is 0. The van der Waals surface area contributed by atoms with Gasteiger partial charge >= 0.3 is 0 Å². The van der Waals surface area contributed by atoms with Crippen LogP contribution in [0.5, 0.6) is 0 Å². The Labute approximate surface area is 147 Å². The van der Waals surface area contributed by atoms with Gasteiger partial charge in [-0.15, -0.1) is 0 Å². The molecule has 0 radical (unpaired) electrons. The number of hydrogen-bond donors (Lipinski definition) is 2. The van der Waals surface area contributed by atoms with E-state index in [9.17, 15) is 14.9 Å². The Hall–Kier alpha value is -2.73. The van der Waals surface area contributed by atoms with Crippen molar-refractivity contribution in [3.63, 3.8) is 0 Å². The molecule has 132 valence electrons. The molecule has 6 heteroatoms. The molecule has 0 aliphatic rings. The molecule has 2 rings (SSSR count). The van der Waals surface area contributed by atoms with Crippen molar-refractivity contribution >= 4 is 11.6 Å². The van der Waals surface area contributed by atoms with Gasteiger partial charge in [0, 0.05) is 29.8 Å². The Bertz CT molecular complexity index is 770. The van der Waals surface area contributed by atoms with Crippen molar-refractivity contribution in [2.45, 2.75) is 32.7 Å². The normalized spacial score (nSPS) is 12.0. The van der Waals surface area contributed by atoms with Crippen molar-refractivity contribution in [1.29, 1.82) is 0 Å². The topological polar surface area (TPSA) is 98.3 Å². The van der Waals surface area contributed by atoms with Crippen LogP contribution in [0.25, 0.3) is 0 Å². The zero-order valence-electron chi connectivity index (χ0n) is 14.7. The first-order valence-electron chi connectivity index (χ1n) is 8.18. The Balaban J connectivity index is 1.99. The fourth-order valence-electron chi connectivity index (χ4n) is 2.55. The van der Waals surface area contributed by atoms with Gasteiger partial charge in [-0.3, -0.25) is 14.9 Å². The predicted molar refractivity (Wildman–Crippen MR) is 97.6 cm³/mol. The summed E-state index contributed by atoms with van der Waals surface area (Å²) in [6, 6.07) is 12.0. The third kappa shape index (κ3) is 4.64. The highest BCUT2D eigenvalue weighted by Crippen LogP contribution is 2.19. The number of nitrogens with one attached hydrogen (secondary N) is 1. The second-order valence-corrected chi connectivity index (χ2v) is 6.40. The van der Waals surface area contributed by atoms with Crippen LogP contribution in [0.1, 0.15) is 52.9 Å². The van der Waals surface area contributed by atoms with Crippen LogP contribution in [0.4, 0.5) is 5.69 Å². The van der Waals surface area contributed by atoms with Gasteiger partial charge < -0.3 is 11.1 Å². The van der Waals surface area contributed by atoms with E-state index in [4.69, 9.17) is 5.73 Å². The Morgan fingerprint density at radius 3 is 2.28 bits per heavy atom. The lowest BCUT2D eigenvalue weighted by Crippen LogP contribution is -2.32. The highest BCUT2D eigenvalue weighted by molar-refractivity contribution is 5.94. The number of carbonyl (C=O) groups is 1. The van der Waals surface area contributed by atoms with E-state index < -0.39 is 4.92 Å². The molecule has 0 bridgehead atoms. The highest BCUT2D eigenvalue weighted by atomic mass is 16.6. The van der Waals surface area contributed by atoms with Crippen LogP contribution in [0, 0.1) is 17.0 Å². The molecule has 2 aromatic rings. The van der Waals surface area contributed by atoms with Gasteiger partial charge in [0.1, 0.15) is 0 Å². The number of nitrogens with two attached hydrogens (primary N) is 1. The highest BCUT2D eigenvalue weighted by Gasteiger charge is 2.15. The zero-order chi connectivity index (χ0) is 18.6. The number of benzene rings is 2. The van der Waals surface area contributed by atoms with Crippen LogP contribution in [0.3, 0.4) is 0 Å². The van der Waals surface area contributed by atoms with Gasteiger partial charge in [0.2, 0.25) is 0 Å². The molecule has 1 unspecified atom stereocenters. The third-order valence-corrected chi connectivity index (χ3v) is 4.17. The zero-order valence-corrected chi connectivity index (χ0v) is 14.7. The lowest BCUT2D eigenvalue weighted by Gasteiger charge is -2.15. The molecule has 3 N–H and O–H groups in total. The van der Waals surface area contributed by atoms with Gasteiger partial charge in [-0.25, -0.2) is 0 Å². The molecular weight excluding hydrogens is 318 g/mol. The second-order valence-electron chi connectivity index (χ2n) is 6.40. The van der Waals surface area contributed by atoms with E-state index in [2.05, 4.69) is 19.2 Å². The summed E-state index contributed by atoms with van der Waals surface area (Å²) in [4.78, 5) is 22.6. The number of amides is 1.